The summed E-state index contributed by atoms with van der Waals surface area (Å²) in [4.78, 5) is 11.9. The van der Waals surface area contributed by atoms with Crippen LogP contribution in [0.2, 0.25) is 0 Å². The first-order chi connectivity index (χ1) is 9.82. The Labute approximate surface area is 117 Å². The topological polar surface area (TPSA) is 57.8 Å². The van der Waals surface area contributed by atoms with E-state index in [9.17, 15) is 22.4 Å². The number of hydrogen-bond acceptors (Lipinski definition) is 2. The van der Waals surface area contributed by atoms with Crippen LogP contribution in [0.15, 0.2) is 24.4 Å². The average Bonchev–Trinajstić information content (AvgIpc) is 2.85. The van der Waals surface area contributed by atoms with Crippen LogP contribution in [0.3, 0.4) is 0 Å². The van der Waals surface area contributed by atoms with Crippen LogP contribution in [0.5, 0.6) is 0 Å². The molecular weight excluding hydrogens is 290 g/mol. The maximum Gasteiger partial charge on any atom is 0.419 e. The lowest BCUT2D eigenvalue weighted by atomic mass is 10.1. The van der Waals surface area contributed by atoms with Crippen molar-refractivity contribution in [2.24, 2.45) is 0 Å². The van der Waals surface area contributed by atoms with Crippen molar-refractivity contribution in [3.63, 3.8) is 0 Å². The Hall–Kier alpha value is -2.38. The first-order valence-corrected chi connectivity index (χ1v) is 6.03. The molecule has 0 spiro atoms. The number of anilines is 1. The van der Waals surface area contributed by atoms with Gasteiger partial charge in [0.15, 0.2) is 0 Å². The Morgan fingerprint density at radius 2 is 2.10 bits per heavy atom. The number of benzene rings is 1. The van der Waals surface area contributed by atoms with Gasteiger partial charge in [-0.15, -0.1) is 0 Å². The van der Waals surface area contributed by atoms with Crippen LogP contribution < -0.4 is 5.32 Å². The number of aromatic amines is 1. The lowest BCUT2D eigenvalue weighted by Crippen LogP contribution is -2.16. The van der Waals surface area contributed by atoms with Gasteiger partial charge in [-0.1, -0.05) is 6.92 Å². The second-order valence-electron chi connectivity index (χ2n) is 4.27. The molecule has 21 heavy (non-hydrogen) atoms. The summed E-state index contributed by atoms with van der Waals surface area (Å²) in [6, 6.07) is 2.08. The Balaban J connectivity index is 2.28. The van der Waals surface area contributed by atoms with Gasteiger partial charge in [0.1, 0.15) is 11.6 Å². The second-order valence-corrected chi connectivity index (χ2v) is 4.27. The monoisotopic (exact) mass is 301 g/mol. The quantitative estimate of drug-likeness (QED) is 0.854. The normalized spacial score (nSPS) is 11.5. The molecule has 0 aliphatic rings. The highest BCUT2D eigenvalue weighted by atomic mass is 19.4. The number of H-pyrrole nitrogens is 1. The van der Waals surface area contributed by atoms with Crippen molar-refractivity contribution < 1.29 is 22.4 Å². The van der Waals surface area contributed by atoms with Gasteiger partial charge in [0.05, 0.1) is 11.8 Å². The molecule has 8 heteroatoms. The van der Waals surface area contributed by atoms with Crippen LogP contribution in [0.25, 0.3) is 0 Å². The van der Waals surface area contributed by atoms with Gasteiger partial charge in [-0.05, 0) is 24.6 Å². The van der Waals surface area contributed by atoms with Crippen molar-refractivity contribution in [2.45, 2.75) is 19.5 Å². The molecule has 1 aromatic heterocycles. The molecule has 0 saturated heterocycles. The van der Waals surface area contributed by atoms with E-state index in [1.165, 1.54) is 6.20 Å². The number of halogens is 4. The lowest BCUT2D eigenvalue weighted by Gasteiger charge is -2.10. The zero-order chi connectivity index (χ0) is 15.6. The van der Waals surface area contributed by atoms with E-state index in [2.05, 4.69) is 15.5 Å². The summed E-state index contributed by atoms with van der Waals surface area (Å²) in [7, 11) is 0. The van der Waals surface area contributed by atoms with Gasteiger partial charge in [0.25, 0.3) is 5.91 Å². The molecule has 0 saturated carbocycles. The highest BCUT2D eigenvalue weighted by molar-refractivity contribution is 6.04. The molecule has 0 aliphatic heterocycles. The number of aryl methyl sites for hydroxylation is 1. The molecule has 2 rings (SSSR count). The Morgan fingerprint density at radius 1 is 1.38 bits per heavy atom. The van der Waals surface area contributed by atoms with E-state index in [0.717, 1.165) is 6.07 Å². The maximum absolute atomic E-state index is 13.2. The number of amides is 1. The second kappa shape index (κ2) is 5.55. The molecule has 2 N–H and O–H groups in total. The van der Waals surface area contributed by atoms with Crippen LogP contribution in [0.4, 0.5) is 23.4 Å². The fraction of sp³-hybridized carbons (Fsp3) is 0.231. The van der Waals surface area contributed by atoms with E-state index < -0.39 is 23.5 Å². The van der Waals surface area contributed by atoms with Crippen LogP contribution >= 0.6 is 0 Å². The summed E-state index contributed by atoms with van der Waals surface area (Å²) in [5.74, 6) is -1.89. The predicted molar refractivity (Wildman–Crippen MR) is 67.3 cm³/mol. The molecule has 2 aromatic rings. The van der Waals surface area contributed by atoms with Gasteiger partial charge >= 0.3 is 6.18 Å². The highest BCUT2D eigenvalue weighted by Gasteiger charge is 2.34. The Morgan fingerprint density at radius 3 is 2.71 bits per heavy atom. The largest absolute Gasteiger partial charge is 0.419 e. The first-order valence-electron chi connectivity index (χ1n) is 6.03. The Bertz CT molecular complexity index is 664. The molecule has 0 radical (unpaired) electrons. The predicted octanol–water partition coefficient (Wildman–Crippen LogP) is 3.38. The van der Waals surface area contributed by atoms with Gasteiger partial charge in [-0.3, -0.25) is 9.89 Å². The molecule has 1 heterocycles. The third kappa shape index (κ3) is 3.21. The summed E-state index contributed by atoms with van der Waals surface area (Å²) < 4.78 is 51.0. The van der Waals surface area contributed by atoms with Crippen molar-refractivity contribution in [2.75, 3.05) is 5.32 Å². The average molecular weight is 301 g/mol. The number of carbonyl (C=O) groups excluding carboxylic acids is 1. The number of nitrogens with zero attached hydrogens (tertiary/aromatic N) is 1. The molecular formula is C13H11F4N3O. The number of alkyl halides is 3. The molecule has 0 aliphatic carbocycles. The third-order valence-corrected chi connectivity index (χ3v) is 2.87. The third-order valence-electron chi connectivity index (χ3n) is 2.87. The van der Waals surface area contributed by atoms with E-state index in [-0.39, 0.29) is 5.56 Å². The molecule has 0 atom stereocenters. The molecule has 1 amide bonds. The Kier molecular flexibility index (Phi) is 3.97. The van der Waals surface area contributed by atoms with Crippen molar-refractivity contribution >= 4 is 11.7 Å². The van der Waals surface area contributed by atoms with E-state index in [0.29, 0.717) is 29.9 Å². The summed E-state index contributed by atoms with van der Waals surface area (Å²) in [6.07, 6.45) is -2.77. The maximum atomic E-state index is 13.2. The fourth-order valence-corrected chi connectivity index (χ4v) is 1.76. The first kappa shape index (κ1) is 15.0. The smallest absolute Gasteiger partial charge is 0.307 e. The minimum absolute atomic E-state index is 0.291. The van der Waals surface area contributed by atoms with Crippen molar-refractivity contribution in [3.05, 3.63) is 46.9 Å². The van der Waals surface area contributed by atoms with E-state index in [1.54, 1.807) is 0 Å². The number of aromatic nitrogens is 2. The van der Waals surface area contributed by atoms with Crippen molar-refractivity contribution in [3.8, 4) is 0 Å². The highest BCUT2D eigenvalue weighted by Crippen LogP contribution is 2.32. The van der Waals surface area contributed by atoms with Crippen LogP contribution in [0, 0.1) is 5.82 Å². The summed E-state index contributed by atoms with van der Waals surface area (Å²) in [5.41, 5.74) is -1.06. The molecule has 1 aromatic carbocycles. The molecule has 0 fully saturated rings. The SMILES string of the molecule is CCc1cn[nH]c1NC(=O)c1ccc(F)c(C(F)(F)F)c1. The zero-order valence-electron chi connectivity index (χ0n) is 10.9. The minimum atomic E-state index is -4.86. The van der Waals surface area contributed by atoms with Gasteiger partial charge < -0.3 is 5.32 Å². The van der Waals surface area contributed by atoms with Gasteiger partial charge in [-0.25, -0.2) is 4.39 Å². The summed E-state index contributed by atoms with van der Waals surface area (Å²) >= 11 is 0. The van der Waals surface area contributed by atoms with Crippen molar-refractivity contribution in [1.29, 1.82) is 0 Å². The van der Waals surface area contributed by atoms with E-state index >= 15 is 0 Å². The van der Waals surface area contributed by atoms with Crippen LogP contribution in [-0.4, -0.2) is 16.1 Å². The number of carbonyl (C=O) groups is 1. The summed E-state index contributed by atoms with van der Waals surface area (Å²) in [5, 5.41) is 8.68. The van der Waals surface area contributed by atoms with E-state index in [4.69, 9.17) is 0 Å². The fourth-order valence-electron chi connectivity index (χ4n) is 1.76. The zero-order valence-corrected chi connectivity index (χ0v) is 10.9. The molecule has 0 bridgehead atoms. The van der Waals surface area contributed by atoms with Gasteiger partial charge in [-0.2, -0.15) is 18.3 Å². The summed E-state index contributed by atoms with van der Waals surface area (Å²) in [6.45, 7) is 1.83. The minimum Gasteiger partial charge on any atom is -0.307 e. The van der Waals surface area contributed by atoms with Crippen LogP contribution in [0.1, 0.15) is 28.4 Å². The van der Waals surface area contributed by atoms with Crippen LogP contribution in [-0.2, 0) is 12.6 Å². The lowest BCUT2D eigenvalue weighted by molar-refractivity contribution is -0.140. The van der Waals surface area contributed by atoms with Gasteiger partial charge in [0, 0.05) is 11.1 Å². The molecule has 4 nitrogen and oxygen atoms in total. The number of nitrogens with one attached hydrogen (secondary N) is 2. The molecule has 0 unspecified atom stereocenters. The standard InChI is InChI=1S/C13H11F4N3O/c1-2-7-6-18-20-11(7)19-12(21)8-3-4-10(14)9(5-8)13(15,16)17/h3-6H,2H2,1H3,(H2,18,19,20,21). The number of hydrogen-bond donors (Lipinski definition) is 2. The van der Waals surface area contributed by atoms with Gasteiger partial charge in [0.2, 0.25) is 0 Å². The molecule has 112 valence electrons. The van der Waals surface area contributed by atoms with Crippen molar-refractivity contribution in [1.82, 2.24) is 10.2 Å². The number of rotatable bonds is 3. The van der Waals surface area contributed by atoms with E-state index in [1.807, 2.05) is 6.92 Å².